The van der Waals surface area contributed by atoms with Gasteiger partial charge < -0.3 is 10.1 Å². The molecule has 0 fully saturated rings. The molecule has 0 aliphatic heterocycles. The number of aryl methyl sites for hydroxylation is 2. The fraction of sp³-hybridized carbons (Fsp3) is 0.333. The molecule has 1 aromatic carbocycles. The Balaban J connectivity index is 1.51. The molecule has 0 atom stereocenters. The largest absolute Gasteiger partial charge is 0.385 e. The number of hydrogen-bond acceptors (Lipinski definition) is 6. The Morgan fingerprint density at radius 1 is 1.19 bits per heavy atom. The first kappa shape index (κ1) is 21.1. The molecule has 10 heteroatoms. The summed E-state index contributed by atoms with van der Waals surface area (Å²) in [4.78, 5) is 25.1. The van der Waals surface area contributed by atoms with E-state index >= 15 is 0 Å². The predicted octanol–water partition coefficient (Wildman–Crippen LogP) is 3.24. The molecule has 1 amide bonds. The third kappa shape index (κ3) is 4.49. The minimum Gasteiger partial charge on any atom is -0.385 e. The Labute approximate surface area is 181 Å². The van der Waals surface area contributed by atoms with Crippen LogP contribution in [-0.4, -0.2) is 38.8 Å². The molecular formula is C21H22FN5O3S. The Morgan fingerprint density at radius 3 is 2.77 bits per heavy atom. The molecule has 0 aliphatic carbocycles. The maximum Gasteiger partial charge on any atom is 0.272 e. The number of ether oxygens (including phenoxy) is 1. The summed E-state index contributed by atoms with van der Waals surface area (Å²) in [6, 6.07) is 7.54. The molecule has 162 valence electrons. The van der Waals surface area contributed by atoms with Crippen molar-refractivity contribution in [3.8, 4) is 0 Å². The van der Waals surface area contributed by atoms with Gasteiger partial charge in [-0.05, 0) is 48.6 Å². The molecular weight excluding hydrogens is 421 g/mol. The number of aromatic nitrogens is 4. The number of rotatable bonds is 9. The van der Waals surface area contributed by atoms with Gasteiger partial charge in [0.15, 0.2) is 0 Å². The summed E-state index contributed by atoms with van der Waals surface area (Å²) >= 11 is 1.39. The summed E-state index contributed by atoms with van der Waals surface area (Å²) in [5.74, 6) is 0.695. The summed E-state index contributed by atoms with van der Waals surface area (Å²) in [6.45, 7) is 1.04. The number of nitrogens with zero attached hydrogens (tertiary/aromatic N) is 4. The molecule has 4 rings (SSSR count). The van der Waals surface area contributed by atoms with Crippen molar-refractivity contribution in [1.82, 2.24) is 19.2 Å². The van der Waals surface area contributed by atoms with Crippen molar-refractivity contribution in [1.29, 1.82) is 0 Å². The van der Waals surface area contributed by atoms with E-state index in [9.17, 15) is 14.0 Å². The lowest BCUT2D eigenvalue weighted by atomic mass is 10.2. The van der Waals surface area contributed by atoms with Crippen LogP contribution in [0, 0.1) is 5.82 Å². The van der Waals surface area contributed by atoms with E-state index < -0.39 is 0 Å². The van der Waals surface area contributed by atoms with Crippen molar-refractivity contribution in [3.05, 3.63) is 57.7 Å². The maximum absolute atomic E-state index is 13.0. The fourth-order valence-corrected chi connectivity index (χ4v) is 4.30. The summed E-state index contributed by atoms with van der Waals surface area (Å²) in [5, 5.41) is 13.2. The number of methoxy groups -OCH3 is 1. The van der Waals surface area contributed by atoms with E-state index in [1.165, 1.54) is 35.6 Å². The topological polar surface area (TPSA) is 90.5 Å². The van der Waals surface area contributed by atoms with Gasteiger partial charge in [-0.15, -0.1) is 21.5 Å². The highest BCUT2D eigenvalue weighted by Gasteiger charge is 2.17. The quantitative estimate of drug-likeness (QED) is 0.401. The average Bonchev–Trinajstić information content (AvgIpc) is 3.39. The number of thiophene rings is 1. The van der Waals surface area contributed by atoms with Gasteiger partial charge in [0.2, 0.25) is 11.7 Å². The Morgan fingerprint density at radius 2 is 2.00 bits per heavy atom. The number of fused-ring (bicyclic) bond motifs is 3. The van der Waals surface area contributed by atoms with Crippen LogP contribution in [-0.2, 0) is 22.5 Å². The summed E-state index contributed by atoms with van der Waals surface area (Å²) in [6.07, 6.45) is 2.06. The number of anilines is 1. The Bertz CT molecular complexity index is 1260. The minimum absolute atomic E-state index is 0.0776. The molecule has 0 spiro atoms. The van der Waals surface area contributed by atoms with E-state index in [1.54, 1.807) is 11.7 Å². The second-order valence-corrected chi connectivity index (χ2v) is 8.01. The van der Waals surface area contributed by atoms with Gasteiger partial charge in [0.25, 0.3) is 5.56 Å². The van der Waals surface area contributed by atoms with Crippen molar-refractivity contribution in [2.45, 2.75) is 32.2 Å². The highest BCUT2D eigenvalue weighted by Crippen LogP contribution is 2.20. The van der Waals surface area contributed by atoms with Crippen LogP contribution in [0.15, 0.2) is 40.5 Å². The monoisotopic (exact) mass is 443 g/mol. The summed E-state index contributed by atoms with van der Waals surface area (Å²) in [7, 11) is 1.63. The zero-order chi connectivity index (χ0) is 21.8. The second-order valence-electron chi connectivity index (χ2n) is 7.10. The van der Waals surface area contributed by atoms with Crippen molar-refractivity contribution >= 4 is 38.9 Å². The molecule has 3 aromatic heterocycles. The molecule has 4 aromatic rings. The third-order valence-corrected chi connectivity index (χ3v) is 5.83. The SMILES string of the molecule is COCCCn1c(=O)c2sccc2n2c(CCCC(=O)Nc3ccc(F)cc3)nnc12. The first-order valence-electron chi connectivity index (χ1n) is 9.97. The van der Waals surface area contributed by atoms with Crippen LogP contribution in [0.5, 0.6) is 0 Å². The van der Waals surface area contributed by atoms with Crippen LogP contribution in [0.3, 0.4) is 0 Å². The Kier molecular flexibility index (Phi) is 6.38. The molecule has 0 saturated heterocycles. The smallest absolute Gasteiger partial charge is 0.272 e. The van der Waals surface area contributed by atoms with Gasteiger partial charge in [-0.3, -0.25) is 18.6 Å². The maximum atomic E-state index is 13.0. The number of carbonyl (C=O) groups excluding carboxylic acids is 1. The van der Waals surface area contributed by atoms with Crippen molar-refractivity contribution in [3.63, 3.8) is 0 Å². The van der Waals surface area contributed by atoms with Crippen LogP contribution >= 0.6 is 11.3 Å². The Hall–Kier alpha value is -3.11. The predicted molar refractivity (Wildman–Crippen MR) is 117 cm³/mol. The van der Waals surface area contributed by atoms with E-state index in [4.69, 9.17) is 4.74 Å². The van der Waals surface area contributed by atoms with Gasteiger partial charge in [0.05, 0.1) is 5.52 Å². The molecule has 0 bridgehead atoms. The molecule has 31 heavy (non-hydrogen) atoms. The van der Waals surface area contributed by atoms with Crippen molar-refractivity contribution in [2.75, 3.05) is 19.0 Å². The zero-order valence-electron chi connectivity index (χ0n) is 17.0. The van der Waals surface area contributed by atoms with Gasteiger partial charge in [-0.1, -0.05) is 0 Å². The van der Waals surface area contributed by atoms with E-state index in [2.05, 4.69) is 15.5 Å². The highest BCUT2D eigenvalue weighted by molar-refractivity contribution is 7.17. The summed E-state index contributed by atoms with van der Waals surface area (Å²) in [5.41, 5.74) is 1.26. The van der Waals surface area contributed by atoms with E-state index in [-0.39, 0.29) is 23.7 Å². The number of halogens is 1. The number of benzene rings is 1. The van der Waals surface area contributed by atoms with Crippen LogP contribution in [0.4, 0.5) is 10.1 Å². The lowest BCUT2D eigenvalue weighted by molar-refractivity contribution is -0.116. The van der Waals surface area contributed by atoms with Gasteiger partial charge in [0.1, 0.15) is 16.3 Å². The van der Waals surface area contributed by atoms with Gasteiger partial charge >= 0.3 is 0 Å². The van der Waals surface area contributed by atoms with Gasteiger partial charge in [-0.25, -0.2) is 4.39 Å². The van der Waals surface area contributed by atoms with Crippen molar-refractivity contribution in [2.24, 2.45) is 0 Å². The normalized spacial score (nSPS) is 11.4. The lowest BCUT2D eigenvalue weighted by Crippen LogP contribution is -2.23. The first-order chi connectivity index (χ1) is 15.1. The van der Waals surface area contributed by atoms with Gasteiger partial charge in [-0.2, -0.15) is 0 Å². The number of amides is 1. The highest BCUT2D eigenvalue weighted by atomic mass is 32.1. The zero-order valence-corrected chi connectivity index (χ0v) is 17.8. The molecule has 0 radical (unpaired) electrons. The minimum atomic E-state index is -0.350. The van der Waals surface area contributed by atoms with Crippen LogP contribution in [0.2, 0.25) is 0 Å². The summed E-state index contributed by atoms with van der Waals surface area (Å²) < 4.78 is 22.3. The molecule has 8 nitrogen and oxygen atoms in total. The standard InChI is InChI=1S/C21H22FN5O3S/c1-30-12-3-11-26-20(29)19-16(10-13-31-19)27-17(24-25-21(26)27)4-2-5-18(28)23-15-8-6-14(22)7-9-15/h6-10,13H,2-5,11-12H2,1H3,(H,23,28). The number of carbonyl (C=O) groups is 1. The molecule has 3 heterocycles. The average molecular weight is 444 g/mol. The van der Waals surface area contributed by atoms with Crippen LogP contribution in [0.1, 0.15) is 25.1 Å². The van der Waals surface area contributed by atoms with Crippen LogP contribution < -0.4 is 10.9 Å². The van der Waals surface area contributed by atoms with Crippen LogP contribution in [0.25, 0.3) is 16.0 Å². The molecule has 1 N–H and O–H groups in total. The first-order valence-corrected chi connectivity index (χ1v) is 10.8. The molecule has 0 aliphatic rings. The van der Waals surface area contributed by atoms with E-state index in [0.29, 0.717) is 54.4 Å². The van der Waals surface area contributed by atoms with E-state index in [0.717, 1.165) is 5.52 Å². The second kappa shape index (κ2) is 9.36. The number of nitrogens with one attached hydrogen (secondary N) is 1. The lowest BCUT2D eigenvalue weighted by Gasteiger charge is -2.09. The van der Waals surface area contributed by atoms with Crippen molar-refractivity contribution < 1.29 is 13.9 Å². The van der Waals surface area contributed by atoms with E-state index in [1.807, 2.05) is 15.8 Å². The van der Waals surface area contributed by atoms with Gasteiger partial charge in [0, 0.05) is 38.8 Å². The number of hydrogen-bond donors (Lipinski definition) is 1. The third-order valence-electron chi connectivity index (χ3n) is 4.94. The molecule has 0 saturated carbocycles. The fourth-order valence-electron chi connectivity index (χ4n) is 3.47. The molecule has 0 unspecified atom stereocenters.